The van der Waals surface area contributed by atoms with E-state index in [2.05, 4.69) is 15.6 Å². The monoisotopic (exact) mass is 472 g/mol. The molecule has 0 saturated carbocycles. The largest absolute Gasteiger partial charge is 0.560 e. The van der Waals surface area contributed by atoms with Crippen LogP contribution in [0.2, 0.25) is 0 Å². The standard InChI is InChI=1S/C21H41BN4O7/c1-19(2,3)32-17(27)24-14-8-11-21(26(29)30,10-7-13-23-16-31-22)12-9-15-25-18(28)33-20(4,5)6/h16H,7-15,22H2,1-6H3,(H,24,27)(H,25,28). The minimum absolute atomic E-state index is 0.242. The minimum Gasteiger partial charge on any atom is -0.560 e. The van der Waals surface area contributed by atoms with Crippen molar-refractivity contribution in [2.45, 2.75) is 96.8 Å². The summed E-state index contributed by atoms with van der Waals surface area (Å²) in [5, 5.41) is 17.4. The van der Waals surface area contributed by atoms with Gasteiger partial charge < -0.3 is 24.8 Å². The van der Waals surface area contributed by atoms with Crippen LogP contribution < -0.4 is 10.6 Å². The molecule has 0 spiro atoms. The first-order chi connectivity index (χ1) is 15.2. The quantitative estimate of drug-likeness (QED) is 0.0989. The molecule has 2 amide bonds. The summed E-state index contributed by atoms with van der Waals surface area (Å²) in [6.45, 7) is 11.5. The van der Waals surface area contributed by atoms with Crippen LogP contribution in [-0.4, -0.2) is 67.9 Å². The normalized spacial score (nSPS) is 12.3. The molecule has 0 aliphatic carbocycles. The third-order valence-electron chi connectivity index (χ3n) is 4.47. The summed E-state index contributed by atoms with van der Waals surface area (Å²) in [4.78, 5) is 39.5. The molecule has 33 heavy (non-hydrogen) atoms. The van der Waals surface area contributed by atoms with Crippen molar-refractivity contribution in [3.63, 3.8) is 0 Å². The van der Waals surface area contributed by atoms with Gasteiger partial charge in [-0.3, -0.25) is 15.1 Å². The van der Waals surface area contributed by atoms with E-state index in [1.807, 2.05) is 0 Å². The van der Waals surface area contributed by atoms with Crippen LogP contribution in [0, 0.1) is 10.1 Å². The van der Waals surface area contributed by atoms with Crippen molar-refractivity contribution >= 4 is 26.6 Å². The molecule has 0 aromatic carbocycles. The molecule has 0 unspecified atom stereocenters. The van der Waals surface area contributed by atoms with Crippen LogP contribution in [0.15, 0.2) is 4.99 Å². The van der Waals surface area contributed by atoms with E-state index in [0.29, 0.717) is 32.2 Å². The molecule has 0 rings (SSSR count). The van der Waals surface area contributed by atoms with Gasteiger partial charge in [0.15, 0.2) is 6.40 Å². The molecule has 0 heterocycles. The first kappa shape index (κ1) is 30.5. The SMILES string of the molecule is BOC=NCCCC(CCCNC(=O)OC(C)(C)C)(CCCNC(=O)OC(C)(C)C)[N+](=O)[O-]. The summed E-state index contributed by atoms with van der Waals surface area (Å²) in [6.07, 6.45) is 2.42. The van der Waals surface area contributed by atoms with Crippen LogP contribution in [0.5, 0.6) is 0 Å². The molecule has 2 N–H and O–H groups in total. The lowest BCUT2D eigenvalue weighted by molar-refractivity contribution is -0.574. The Morgan fingerprint density at radius 3 is 1.70 bits per heavy atom. The second-order valence-electron chi connectivity index (χ2n) is 9.90. The van der Waals surface area contributed by atoms with E-state index in [1.54, 1.807) is 41.5 Å². The van der Waals surface area contributed by atoms with Crippen molar-refractivity contribution in [1.29, 1.82) is 0 Å². The van der Waals surface area contributed by atoms with Crippen molar-refractivity contribution in [2.24, 2.45) is 4.99 Å². The van der Waals surface area contributed by atoms with Gasteiger partial charge in [0.1, 0.15) is 11.2 Å². The Morgan fingerprint density at radius 2 is 1.33 bits per heavy atom. The highest BCUT2D eigenvalue weighted by molar-refractivity contribution is 6.02. The number of amides is 2. The number of aliphatic imine (C=N–C) groups is 1. The Morgan fingerprint density at radius 1 is 0.909 bits per heavy atom. The molecular weight excluding hydrogens is 431 g/mol. The fourth-order valence-corrected chi connectivity index (χ4v) is 3.12. The number of rotatable bonds is 14. The van der Waals surface area contributed by atoms with Crippen molar-refractivity contribution in [3.05, 3.63) is 10.1 Å². The summed E-state index contributed by atoms with van der Waals surface area (Å²) in [6, 6.07) is 0. The van der Waals surface area contributed by atoms with Crippen LogP contribution in [0.4, 0.5) is 9.59 Å². The zero-order valence-corrected chi connectivity index (χ0v) is 21.2. The van der Waals surface area contributed by atoms with Crippen molar-refractivity contribution in [1.82, 2.24) is 10.6 Å². The Balaban J connectivity index is 4.90. The molecule has 0 aromatic heterocycles. The average molecular weight is 472 g/mol. The maximum Gasteiger partial charge on any atom is 0.407 e. The van der Waals surface area contributed by atoms with E-state index in [-0.39, 0.29) is 30.9 Å². The van der Waals surface area contributed by atoms with Gasteiger partial charge in [-0.1, -0.05) is 0 Å². The highest BCUT2D eigenvalue weighted by atomic mass is 16.6. The predicted octanol–water partition coefficient (Wildman–Crippen LogP) is 2.98. The summed E-state index contributed by atoms with van der Waals surface area (Å²) < 4.78 is 15.1. The van der Waals surface area contributed by atoms with Crippen molar-refractivity contribution in [3.8, 4) is 0 Å². The first-order valence-corrected chi connectivity index (χ1v) is 11.3. The van der Waals surface area contributed by atoms with Gasteiger partial charge in [0, 0.05) is 43.8 Å². The van der Waals surface area contributed by atoms with Gasteiger partial charge in [-0.05, 0) is 60.8 Å². The fourth-order valence-electron chi connectivity index (χ4n) is 3.12. The van der Waals surface area contributed by atoms with Crippen LogP contribution in [0.3, 0.4) is 0 Å². The minimum atomic E-state index is -1.19. The Bertz CT molecular complexity index is 610. The topological polar surface area (TPSA) is 141 Å². The summed E-state index contributed by atoms with van der Waals surface area (Å²) >= 11 is 0. The third-order valence-corrected chi connectivity index (χ3v) is 4.47. The zero-order chi connectivity index (χ0) is 25.5. The number of hydrogen-bond donors (Lipinski definition) is 2. The maximum atomic E-state index is 12.1. The zero-order valence-electron chi connectivity index (χ0n) is 21.2. The van der Waals surface area contributed by atoms with Gasteiger partial charge in [-0.25, -0.2) is 9.59 Å². The molecule has 11 nitrogen and oxygen atoms in total. The number of nitro groups is 1. The molecular formula is C21H41BN4O7. The van der Waals surface area contributed by atoms with Gasteiger partial charge in [0.2, 0.25) is 5.54 Å². The number of alkyl carbamates (subject to hydrolysis) is 2. The number of hydrogen-bond acceptors (Lipinski definition) is 8. The van der Waals surface area contributed by atoms with E-state index in [0.717, 1.165) is 0 Å². The second kappa shape index (κ2) is 14.6. The van der Waals surface area contributed by atoms with Gasteiger partial charge in [-0.15, -0.1) is 0 Å². The van der Waals surface area contributed by atoms with Gasteiger partial charge in [0.25, 0.3) is 0 Å². The van der Waals surface area contributed by atoms with E-state index in [4.69, 9.17) is 14.1 Å². The van der Waals surface area contributed by atoms with Crippen LogP contribution in [-0.2, 0) is 14.1 Å². The molecule has 0 radical (unpaired) electrons. The smallest absolute Gasteiger partial charge is 0.407 e. The summed E-state index contributed by atoms with van der Waals surface area (Å²) in [5.41, 5.74) is -2.41. The molecule has 0 saturated heterocycles. The molecule has 0 aliphatic rings. The van der Waals surface area contributed by atoms with Crippen molar-refractivity contribution < 1.29 is 28.6 Å². The highest BCUT2D eigenvalue weighted by Crippen LogP contribution is 2.29. The van der Waals surface area contributed by atoms with Gasteiger partial charge >= 0.3 is 20.2 Å². The van der Waals surface area contributed by atoms with Crippen LogP contribution in [0.25, 0.3) is 0 Å². The lowest BCUT2D eigenvalue weighted by atomic mass is 9.84. The average Bonchev–Trinajstić information content (AvgIpc) is 2.64. The Kier molecular flexibility index (Phi) is 13.5. The Labute approximate surface area is 198 Å². The molecule has 0 aromatic rings. The molecule has 190 valence electrons. The maximum absolute atomic E-state index is 12.1. The number of carbonyl (C=O) groups excluding carboxylic acids is 2. The van der Waals surface area contributed by atoms with E-state index in [9.17, 15) is 19.7 Å². The first-order valence-electron chi connectivity index (χ1n) is 11.3. The van der Waals surface area contributed by atoms with Gasteiger partial charge in [0.05, 0.1) is 0 Å². The third kappa shape index (κ3) is 15.8. The molecule has 0 atom stereocenters. The molecule has 0 bridgehead atoms. The van der Waals surface area contributed by atoms with Crippen molar-refractivity contribution in [2.75, 3.05) is 19.6 Å². The molecule has 0 aliphatic heterocycles. The molecule has 0 fully saturated rings. The highest BCUT2D eigenvalue weighted by Gasteiger charge is 2.41. The lowest BCUT2D eigenvalue weighted by Crippen LogP contribution is -2.41. The summed E-state index contributed by atoms with van der Waals surface area (Å²) in [5.74, 6) is 0. The van der Waals surface area contributed by atoms with Gasteiger partial charge in [-0.2, -0.15) is 0 Å². The number of nitrogens with zero attached hydrogens (tertiary/aromatic N) is 2. The fraction of sp³-hybridized carbons (Fsp3) is 0.857. The number of nitrogens with one attached hydrogen (secondary N) is 2. The molecule has 12 heteroatoms. The van der Waals surface area contributed by atoms with E-state index >= 15 is 0 Å². The number of carbonyl (C=O) groups is 2. The predicted molar refractivity (Wildman–Crippen MR) is 129 cm³/mol. The lowest BCUT2D eigenvalue weighted by Gasteiger charge is -2.26. The van der Waals surface area contributed by atoms with E-state index in [1.165, 1.54) is 14.4 Å². The second-order valence-corrected chi connectivity index (χ2v) is 9.90. The van der Waals surface area contributed by atoms with Crippen LogP contribution >= 0.6 is 0 Å². The Hall–Kier alpha value is -2.53. The summed E-state index contributed by atoms with van der Waals surface area (Å²) in [7, 11) is 1.49. The number of ether oxygens (including phenoxy) is 2. The van der Waals surface area contributed by atoms with Crippen LogP contribution in [0.1, 0.15) is 80.1 Å². The van der Waals surface area contributed by atoms with E-state index < -0.39 is 28.9 Å².